The topological polar surface area (TPSA) is 44.3 Å². The lowest BCUT2D eigenvalue weighted by atomic mass is 9.74. The summed E-state index contributed by atoms with van der Waals surface area (Å²) in [6.07, 6.45) is 3.97. The maximum atomic E-state index is 5.26. The van der Waals surface area contributed by atoms with E-state index in [0.717, 1.165) is 37.1 Å². The van der Waals surface area contributed by atoms with Crippen molar-refractivity contribution in [3.05, 3.63) is 71.5 Å². The quantitative estimate of drug-likeness (QED) is 0.391. The van der Waals surface area contributed by atoms with Crippen molar-refractivity contribution < 1.29 is 0 Å². The summed E-state index contributed by atoms with van der Waals surface area (Å²) in [5.41, 5.74) is 8.29. The van der Waals surface area contributed by atoms with Crippen molar-refractivity contribution in [1.29, 1.82) is 0 Å². The monoisotopic (exact) mass is 410 g/mol. The van der Waals surface area contributed by atoms with E-state index in [0.29, 0.717) is 0 Å². The minimum absolute atomic E-state index is 0.125. The van der Waals surface area contributed by atoms with Gasteiger partial charge in [-0.3, -0.25) is 9.99 Å². The Balaban J connectivity index is 1.78. The summed E-state index contributed by atoms with van der Waals surface area (Å²) in [4.78, 5) is 9.00. The number of anilines is 1. The predicted octanol–water partition coefficient (Wildman–Crippen LogP) is 6.48. The molecular formula is C27H30N4. The van der Waals surface area contributed by atoms with Crippen molar-refractivity contribution in [2.45, 2.75) is 46.5 Å². The van der Waals surface area contributed by atoms with E-state index >= 15 is 0 Å². The number of pyridine rings is 1. The molecule has 4 aromatic rings. The lowest BCUT2D eigenvalue weighted by molar-refractivity contribution is 0.367. The molecule has 4 nitrogen and oxygen atoms in total. The number of benzene rings is 2. The van der Waals surface area contributed by atoms with E-state index in [1.165, 1.54) is 38.8 Å². The molecule has 2 heterocycles. The van der Waals surface area contributed by atoms with Crippen LogP contribution in [0.3, 0.4) is 0 Å². The van der Waals surface area contributed by atoms with Gasteiger partial charge in [0.25, 0.3) is 0 Å². The molecule has 2 aromatic carbocycles. The first-order valence-electron chi connectivity index (χ1n) is 11.3. The Labute approximate surface area is 184 Å². The fourth-order valence-electron chi connectivity index (χ4n) is 4.93. The van der Waals surface area contributed by atoms with Gasteiger partial charge >= 0.3 is 0 Å². The van der Waals surface area contributed by atoms with Gasteiger partial charge in [0.15, 0.2) is 0 Å². The molecule has 158 valence electrons. The normalized spacial score (nSPS) is 16.7. The summed E-state index contributed by atoms with van der Waals surface area (Å²) in [6, 6.07) is 18.9. The largest absolute Gasteiger partial charge is 0.354 e. The van der Waals surface area contributed by atoms with Gasteiger partial charge in [0.05, 0.1) is 28.3 Å². The standard InChI is InChI=1S/C27H30N4/c1-5-11-21-24-19-14-9-10-15-20(19)29-26(24)25-22(28-21)16-27(2,3)17-23(25)30-31(4)18-12-7-6-8-13-18/h6-10,12-15,29H,5,11,16-17H2,1-4H3. The zero-order valence-corrected chi connectivity index (χ0v) is 18.9. The van der Waals surface area contributed by atoms with E-state index in [9.17, 15) is 0 Å². The number of hydrogen-bond acceptors (Lipinski definition) is 3. The lowest BCUT2D eigenvalue weighted by Crippen LogP contribution is -2.30. The highest BCUT2D eigenvalue weighted by Crippen LogP contribution is 2.40. The molecule has 2 aromatic heterocycles. The smallest absolute Gasteiger partial charge is 0.0726 e. The molecule has 0 aliphatic heterocycles. The molecule has 0 unspecified atom stereocenters. The molecule has 0 atom stereocenters. The summed E-state index contributed by atoms with van der Waals surface area (Å²) < 4.78 is 0. The van der Waals surface area contributed by atoms with Crippen LogP contribution in [0, 0.1) is 5.41 Å². The molecule has 0 bridgehead atoms. The molecule has 0 fully saturated rings. The molecular weight excluding hydrogens is 380 g/mol. The van der Waals surface area contributed by atoms with Crippen molar-refractivity contribution in [3.8, 4) is 0 Å². The van der Waals surface area contributed by atoms with Crippen molar-refractivity contribution in [3.63, 3.8) is 0 Å². The second kappa shape index (κ2) is 7.52. The highest BCUT2D eigenvalue weighted by molar-refractivity contribution is 6.18. The van der Waals surface area contributed by atoms with Crippen molar-refractivity contribution >= 4 is 33.2 Å². The summed E-state index contributed by atoms with van der Waals surface area (Å²) in [5, 5.41) is 9.65. The Morgan fingerprint density at radius 2 is 1.77 bits per heavy atom. The van der Waals surface area contributed by atoms with Crippen LogP contribution in [0.4, 0.5) is 5.69 Å². The minimum Gasteiger partial charge on any atom is -0.354 e. The number of rotatable bonds is 4. The second-order valence-electron chi connectivity index (χ2n) is 9.47. The van der Waals surface area contributed by atoms with Crippen molar-refractivity contribution in [2.75, 3.05) is 12.1 Å². The highest BCUT2D eigenvalue weighted by atomic mass is 15.4. The van der Waals surface area contributed by atoms with Gasteiger partial charge < -0.3 is 4.98 Å². The Bertz CT molecular complexity index is 1280. The molecule has 1 aliphatic rings. The number of nitrogens with one attached hydrogen (secondary N) is 1. The molecule has 0 spiro atoms. The third-order valence-corrected chi connectivity index (χ3v) is 6.27. The average molecular weight is 411 g/mol. The third-order valence-electron chi connectivity index (χ3n) is 6.27. The van der Waals surface area contributed by atoms with Gasteiger partial charge in [-0.1, -0.05) is 63.6 Å². The van der Waals surface area contributed by atoms with Crippen LogP contribution in [0.15, 0.2) is 59.7 Å². The Hall–Kier alpha value is -3.14. The van der Waals surface area contributed by atoms with Gasteiger partial charge in [0.1, 0.15) is 0 Å². The van der Waals surface area contributed by atoms with Crippen LogP contribution in [-0.4, -0.2) is 22.7 Å². The van der Waals surface area contributed by atoms with E-state index in [1.54, 1.807) is 0 Å². The SMILES string of the molecule is CCCc1nc2c(c3[nH]c4ccccc4c13)C(=NN(C)c1ccccc1)CC(C)(C)C2. The number of nitrogens with zero attached hydrogens (tertiary/aromatic N) is 3. The van der Waals surface area contributed by atoms with Crippen molar-refractivity contribution in [2.24, 2.45) is 10.5 Å². The number of hydrogen-bond donors (Lipinski definition) is 1. The first kappa shape index (κ1) is 19.8. The number of aryl methyl sites for hydroxylation is 1. The fraction of sp³-hybridized carbons (Fsp3) is 0.333. The molecule has 0 amide bonds. The summed E-state index contributed by atoms with van der Waals surface area (Å²) in [5.74, 6) is 0. The molecule has 1 N–H and O–H groups in total. The molecule has 0 radical (unpaired) electrons. The highest BCUT2D eigenvalue weighted by Gasteiger charge is 2.34. The Morgan fingerprint density at radius 3 is 2.55 bits per heavy atom. The number of aromatic nitrogens is 2. The van der Waals surface area contributed by atoms with Gasteiger partial charge in [-0.15, -0.1) is 0 Å². The second-order valence-corrected chi connectivity index (χ2v) is 9.47. The van der Waals surface area contributed by atoms with Gasteiger partial charge in [0, 0.05) is 28.9 Å². The number of para-hydroxylation sites is 2. The molecule has 31 heavy (non-hydrogen) atoms. The zero-order valence-electron chi connectivity index (χ0n) is 18.9. The van der Waals surface area contributed by atoms with Crippen LogP contribution in [0.25, 0.3) is 21.8 Å². The maximum Gasteiger partial charge on any atom is 0.0726 e. The number of aromatic amines is 1. The Kier molecular flexibility index (Phi) is 4.81. The number of fused-ring (bicyclic) bond motifs is 5. The molecule has 0 saturated heterocycles. The van der Waals surface area contributed by atoms with Crippen LogP contribution >= 0.6 is 0 Å². The Morgan fingerprint density at radius 1 is 1.03 bits per heavy atom. The van der Waals surface area contributed by atoms with E-state index < -0.39 is 0 Å². The van der Waals surface area contributed by atoms with E-state index in [1.807, 2.05) is 18.1 Å². The summed E-state index contributed by atoms with van der Waals surface area (Å²) in [6.45, 7) is 6.88. The van der Waals surface area contributed by atoms with E-state index in [4.69, 9.17) is 10.1 Å². The number of hydrazone groups is 1. The van der Waals surface area contributed by atoms with Gasteiger partial charge in [0.2, 0.25) is 0 Å². The van der Waals surface area contributed by atoms with Crippen LogP contribution < -0.4 is 5.01 Å². The fourth-order valence-corrected chi connectivity index (χ4v) is 4.93. The molecule has 0 saturated carbocycles. The zero-order chi connectivity index (χ0) is 21.6. The summed E-state index contributed by atoms with van der Waals surface area (Å²) >= 11 is 0. The predicted molar refractivity (Wildman–Crippen MR) is 131 cm³/mol. The minimum atomic E-state index is 0.125. The molecule has 5 rings (SSSR count). The van der Waals surface area contributed by atoms with Gasteiger partial charge in [-0.05, 0) is 42.9 Å². The summed E-state index contributed by atoms with van der Waals surface area (Å²) in [7, 11) is 2.03. The van der Waals surface area contributed by atoms with Gasteiger partial charge in [-0.25, -0.2) is 0 Å². The average Bonchev–Trinajstić information content (AvgIpc) is 3.13. The van der Waals surface area contributed by atoms with Crippen LogP contribution in [0.5, 0.6) is 0 Å². The lowest BCUT2D eigenvalue weighted by Gasteiger charge is -2.33. The van der Waals surface area contributed by atoms with E-state index in [-0.39, 0.29) is 5.41 Å². The van der Waals surface area contributed by atoms with Crippen LogP contribution in [0.1, 0.15) is 50.6 Å². The third kappa shape index (κ3) is 3.50. The molecule has 4 heteroatoms. The van der Waals surface area contributed by atoms with Gasteiger partial charge in [-0.2, -0.15) is 5.10 Å². The molecule has 1 aliphatic carbocycles. The van der Waals surface area contributed by atoms with Crippen LogP contribution in [-0.2, 0) is 12.8 Å². The first-order valence-corrected chi connectivity index (χ1v) is 11.3. The number of H-pyrrole nitrogens is 1. The van der Waals surface area contributed by atoms with E-state index in [2.05, 4.69) is 74.3 Å². The first-order chi connectivity index (χ1) is 15.0. The maximum absolute atomic E-state index is 5.26. The van der Waals surface area contributed by atoms with Crippen LogP contribution in [0.2, 0.25) is 0 Å². The van der Waals surface area contributed by atoms with Crippen molar-refractivity contribution in [1.82, 2.24) is 9.97 Å².